The minimum atomic E-state index is 0.724. The summed E-state index contributed by atoms with van der Waals surface area (Å²) in [6.45, 7) is 4.83. The first-order valence-electron chi connectivity index (χ1n) is 7.12. The second kappa shape index (κ2) is 6.02. The first-order valence-corrected chi connectivity index (χ1v) is 8.62. The van der Waals surface area contributed by atoms with Gasteiger partial charge < -0.3 is 4.90 Å². The quantitative estimate of drug-likeness (QED) is 0.768. The second-order valence-corrected chi connectivity index (χ2v) is 6.48. The van der Waals surface area contributed by atoms with Crippen molar-refractivity contribution < 1.29 is 0 Å². The Balaban J connectivity index is 1.77. The molecule has 1 aromatic carbocycles. The molecule has 0 radical (unpaired) electrons. The molecule has 0 aliphatic carbocycles. The molecule has 2 fully saturated rings. The van der Waals surface area contributed by atoms with Crippen LogP contribution in [0.4, 0.5) is 5.69 Å². The third-order valence-corrected chi connectivity index (χ3v) is 5.26. The molecule has 4 heteroatoms. The van der Waals surface area contributed by atoms with E-state index in [0.717, 1.165) is 29.5 Å². The van der Waals surface area contributed by atoms with Gasteiger partial charge in [-0.3, -0.25) is 4.90 Å². The van der Waals surface area contributed by atoms with E-state index in [2.05, 4.69) is 31.8 Å². The monoisotopic (exact) mass is 342 g/mol. The summed E-state index contributed by atoms with van der Waals surface area (Å²) in [5.74, 6) is 0. The average Bonchev–Trinajstić information content (AvgIpc) is 3.08. The Morgan fingerprint density at radius 1 is 1.21 bits per heavy atom. The molecule has 2 saturated heterocycles. The maximum atomic E-state index is 6.42. The lowest BCUT2D eigenvalue weighted by atomic mass is 10.2. The zero-order valence-electron chi connectivity index (χ0n) is 11.1. The Labute approximate surface area is 128 Å². The molecule has 0 bridgehead atoms. The SMILES string of the molecule is Clc1cccc(CBr)c1N1CCC(N2CCCC2)C1. The number of para-hydroxylation sites is 1. The predicted octanol–water partition coefficient (Wildman–Crippen LogP) is 3.91. The van der Waals surface area contributed by atoms with Crippen molar-refractivity contribution in [1.82, 2.24) is 4.90 Å². The number of nitrogens with zero attached hydrogens (tertiary/aromatic N) is 2. The number of halogens is 2. The van der Waals surface area contributed by atoms with E-state index in [1.807, 2.05) is 12.1 Å². The number of hydrogen-bond donors (Lipinski definition) is 0. The van der Waals surface area contributed by atoms with Crippen LogP contribution in [0.3, 0.4) is 0 Å². The molecule has 2 aliphatic rings. The zero-order valence-corrected chi connectivity index (χ0v) is 13.5. The van der Waals surface area contributed by atoms with Gasteiger partial charge in [-0.25, -0.2) is 0 Å². The number of benzene rings is 1. The van der Waals surface area contributed by atoms with Gasteiger partial charge in [-0.05, 0) is 44.0 Å². The van der Waals surface area contributed by atoms with Gasteiger partial charge in [0.15, 0.2) is 0 Å². The molecule has 0 N–H and O–H groups in total. The topological polar surface area (TPSA) is 6.48 Å². The molecule has 1 unspecified atom stereocenters. The third-order valence-electron chi connectivity index (χ3n) is 4.35. The molecule has 1 aromatic rings. The first kappa shape index (κ1) is 13.7. The highest BCUT2D eigenvalue weighted by Crippen LogP contribution is 2.34. The fourth-order valence-corrected chi connectivity index (χ4v) is 4.14. The van der Waals surface area contributed by atoms with Crippen molar-refractivity contribution in [3.8, 4) is 0 Å². The Kier molecular flexibility index (Phi) is 4.35. The number of rotatable bonds is 3. The van der Waals surface area contributed by atoms with Gasteiger partial charge in [0.25, 0.3) is 0 Å². The van der Waals surface area contributed by atoms with Crippen LogP contribution >= 0.6 is 27.5 Å². The van der Waals surface area contributed by atoms with Gasteiger partial charge in [-0.15, -0.1) is 0 Å². The van der Waals surface area contributed by atoms with Crippen molar-refractivity contribution in [2.45, 2.75) is 30.6 Å². The molecule has 0 amide bonds. The standard InChI is InChI=1S/C15H20BrClN2/c16-10-12-4-3-5-14(17)15(12)19-9-6-13(11-19)18-7-1-2-8-18/h3-5,13H,1-2,6-11H2. The fraction of sp³-hybridized carbons (Fsp3) is 0.600. The normalized spacial score (nSPS) is 24.3. The van der Waals surface area contributed by atoms with E-state index in [4.69, 9.17) is 11.6 Å². The lowest BCUT2D eigenvalue weighted by Gasteiger charge is -2.26. The highest BCUT2D eigenvalue weighted by molar-refractivity contribution is 9.08. The van der Waals surface area contributed by atoms with Gasteiger partial charge >= 0.3 is 0 Å². The molecule has 0 spiro atoms. The molecule has 2 heterocycles. The van der Waals surface area contributed by atoms with E-state index in [0.29, 0.717) is 0 Å². The summed E-state index contributed by atoms with van der Waals surface area (Å²) in [7, 11) is 0. The lowest BCUT2D eigenvalue weighted by molar-refractivity contribution is 0.260. The van der Waals surface area contributed by atoms with Crippen molar-refractivity contribution >= 4 is 33.2 Å². The minimum Gasteiger partial charge on any atom is -0.368 e. The third kappa shape index (κ3) is 2.79. The van der Waals surface area contributed by atoms with E-state index >= 15 is 0 Å². The van der Waals surface area contributed by atoms with Crippen molar-refractivity contribution in [1.29, 1.82) is 0 Å². The van der Waals surface area contributed by atoms with Crippen LogP contribution in [0, 0.1) is 0 Å². The van der Waals surface area contributed by atoms with Gasteiger partial charge in [0.2, 0.25) is 0 Å². The predicted molar refractivity (Wildman–Crippen MR) is 85.5 cm³/mol. The van der Waals surface area contributed by atoms with E-state index in [1.165, 1.54) is 43.6 Å². The van der Waals surface area contributed by atoms with Crippen LogP contribution in [-0.2, 0) is 5.33 Å². The molecular formula is C15H20BrClN2. The van der Waals surface area contributed by atoms with Crippen LogP contribution < -0.4 is 4.90 Å². The van der Waals surface area contributed by atoms with E-state index in [1.54, 1.807) is 0 Å². The van der Waals surface area contributed by atoms with Gasteiger partial charge in [0, 0.05) is 24.5 Å². The van der Waals surface area contributed by atoms with Crippen LogP contribution in [0.1, 0.15) is 24.8 Å². The molecule has 1 atom stereocenters. The zero-order chi connectivity index (χ0) is 13.2. The Morgan fingerprint density at radius 2 is 2.00 bits per heavy atom. The lowest BCUT2D eigenvalue weighted by Crippen LogP contribution is -2.35. The van der Waals surface area contributed by atoms with Crippen LogP contribution in [0.5, 0.6) is 0 Å². The van der Waals surface area contributed by atoms with Gasteiger partial charge in [-0.1, -0.05) is 39.7 Å². The minimum absolute atomic E-state index is 0.724. The van der Waals surface area contributed by atoms with Crippen molar-refractivity contribution in [3.63, 3.8) is 0 Å². The van der Waals surface area contributed by atoms with Crippen molar-refractivity contribution in [3.05, 3.63) is 28.8 Å². The molecule has 3 rings (SSSR count). The number of alkyl halides is 1. The van der Waals surface area contributed by atoms with Crippen LogP contribution in [0.2, 0.25) is 5.02 Å². The summed E-state index contributed by atoms with van der Waals surface area (Å²) in [5.41, 5.74) is 2.54. The van der Waals surface area contributed by atoms with Crippen LogP contribution in [-0.4, -0.2) is 37.1 Å². The molecule has 2 nitrogen and oxygen atoms in total. The summed E-state index contributed by atoms with van der Waals surface area (Å²) in [6.07, 6.45) is 4.01. The summed E-state index contributed by atoms with van der Waals surface area (Å²) < 4.78 is 0. The van der Waals surface area contributed by atoms with Gasteiger partial charge in [-0.2, -0.15) is 0 Å². The summed E-state index contributed by atoms with van der Waals surface area (Å²) >= 11 is 9.99. The Morgan fingerprint density at radius 3 is 2.74 bits per heavy atom. The first-order chi connectivity index (χ1) is 9.29. The maximum absolute atomic E-state index is 6.42. The molecule has 0 saturated carbocycles. The average molecular weight is 344 g/mol. The highest BCUT2D eigenvalue weighted by atomic mass is 79.9. The summed E-state index contributed by atoms with van der Waals surface area (Å²) in [5, 5.41) is 1.76. The highest BCUT2D eigenvalue weighted by Gasteiger charge is 2.30. The van der Waals surface area contributed by atoms with Crippen molar-refractivity contribution in [2.75, 3.05) is 31.1 Å². The van der Waals surface area contributed by atoms with Crippen molar-refractivity contribution in [2.24, 2.45) is 0 Å². The van der Waals surface area contributed by atoms with Crippen LogP contribution in [0.25, 0.3) is 0 Å². The molecule has 0 aromatic heterocycles. The Hall–Kier alpha value is -0.250. The maximum Gasteiger partial charge on any atom is 0.0642 e. The van der Waals surface area contributed by atoms with Gasteiger partial charge in [0.1, 0.15) is 0 Å². The number of hydrogen-bond acceptors (Lipinski definition) is 2. The Bertz CT molecular complexity index is 446. The van der Waals surface area contributed by atoms with Crippen LogP contribution in [0.15, 0.2) is 18.2 Å². The number of anilines is 1. The second-order valence-electron chi connectivity index (χ2n) is 5.51. The molecular weight excluding hydrogens is 324 g/mol. The van der Waals surface area contributed by atoms with E-state index in [-0.39, 0.29) is 0 Å². The summed E-state index contributed by atoms with van der Waals surface area (Å²) in [6, 6.07) is 6.93. The smallest absolute Gasteiger partial charge is 0.0642 e. The fourth-order valence-electron chi connectivity index (χ4n) is 3.37. The largest absolute Gasteiger partial charge is 0.368 e. The number of likely N-dealkylation sites (tertiary alicyclic amines) is 1. The van der Waals surface area contributed by atoms with E-state index in [9.17, 15) is 0 Å². The molecule has 2 aliphatic heterocycles. The molecule has 19 heavy (non-hydrogen) atoms. The van der Waals surface area contributed by atoms with Gasteiger partial charge in [0.05, 0.1) is 10.7 Å². The van der Waals surface area contributed by atoms with E-state index < -0.39 is 0 Å². The molecule has 104 valence electrons. The summed E-state index contributed by atoms with van der Waals surface area (Å²) in [4.78, 5) is 5.13.